The number of nitrogens with zero attached hydrogens (tertiary/aromatic N) is 3. The Balaban J connectivity index is 1.65. The summed E-state index contributed by atoms with van der Waals surface area (Å²) in [5.41, 5.74) is 0.850. The number of amides is 1. The molecule has 0 bridgehead atoms. The molecule has 0 fully saturated rings. The molecule has 0 unspecified atom stereocenters. The summed E-state index contributed by atoms with van der Waals surface area (Å²) in [6, 6.07) is 5.62. The summed E-state index contributed by atoms with van der Waals surface area (Å²) < 4.78 is 4.97. The molecule has 2 aromatic rings. The van der Waals surface area contributed by atoms with Crippen LogP contribution in [0.1, 0.15) is 30.3 Å². The summed E-state index contributed by atoms with van der Waals surface area (Å²) in [6.07, 6.45) is 3.46. The van der Waals surface area contributed by atoms with Crippen LogP contribution in [0, 0.1) is 6.92 Å². The summed E-state index contributed by atoms with van der Waals surface area (Å²) in [5, 5.41) is 6.52. The molecule has 1 N–H and O–H groups in total. The highest BCUT2D eigenvalue weighted by Gasteiger charge is 2.05. The van der Waals surface area contributed by atoms with Crippen LogP contribution in [0.4, 0.5) is 0 Å². The summed E-state index contributed by atoms with van der Waals surface area (Å²) in [5.74, 6) is 1.20. The largest absolute Gasteiger partial charge is 0.350 e. The SMILES string of the molecule is Cc1noc(CCCC(=O)NCc2ccccn2)n1. The first kappa shape index (κ1) is 13.2. The van der Waals surface area contributed by atoms with E-state index < -0.39 is 0 Å². The van der Waals surface area contributed by atoms with Crippen molar-refractivity contribution in [3.63, 3.8) is 0 Å². The molecule has 2 rings (SSSR count). The maximum absolute atomic E-state index is 11.6. The third kappa shape index (κ3) is 4.50. The maximum Gasteiger partial charge on any atom is 0.226 e. The lowest BCUT2D eigenvalue weighted by atomic mass is 10.2. The van der Waals surface area contributed by atoms with Crippen molar-refractivity contribution in [2.45, 2.75) is 32.7 Å². The van der Waals surface area contributed by atoms with Crippen LogP contribution in [0.25, 0.3) is 0 Å². The Kier molecular flexibility index (Phi) is 4.60. The molecule has 0 saturated heterocycles. The van der Waals surface area contributed by atoms with Crippen molar-refractivity contribution in [3.05, 3.63) is 41.8 Å². The molecule has 1 amide bonds. The summed E-state index contributed by atoms with van der Waals surface area (Å²) in [7, 11) is 0. The molecule has 0 aliphatic heterocycles. The molecule has 19 heavy (non-hydrogen) atoms. The number of aromatic nitrogens is 3. The van der Waals surface area contributed by atoms with Crippen molar-refractivity contribution in [1.29, 1.82) is 0 Å². The molecular formula is C13H16N4O2. The Labute approximate surface area is 111 Å². The van der Waals surface area contributed by atoms with Gasteiger partial charge in [0.15, 0.2) is 5.82 Å². The molecule has 0 spiro atoms. The van der Waals surface area contributed by atoms with Crippen molar-refractivity contribution in [2.75, 3.05) is 0 Å². The first-order valence-electron chi connectivity index (χ1n) is 6.20. The molecule has 0 atom stereocenters. The zero-order valence-electron chi connectivity index (χ0n) is 10.8. The molecule has 0 aromatic carbocycles. The van der Waals surface area contributed by atoms with Crippen LogP contribution in [0.2, 0.25) is 0 Å². The van der Waals surface area contributed by atoms with E-state index in [1.165, 1.54) is 0 Å². The molecule has 100 valence electrons. The molecular weight excluding hydrogens is 244 g/mol. The van der Waals surface area contributed by atoms with Gasteiger partial charge in [0.1, 0.15) is 0 Å². The number of carbonyl (C=O) groups is 1. The monoisotopic (exact) mass is 260 g/mol. The second kappa shape index (κ2) is 6.63. The van der Waals surface area contributed by atoms with E-state index in [1.807, 2.05) is 18.2 Å². The van der Waals surface area contributed by atoms with E-state index in [4.69, 9.17) is 4.52 Å². The molecule has 2 aromatic heterocycles. The zero-order chi connectivity index (χ0) is 13.5. The van der Waals surface area contributed by atoms with Crippen LogP contribution in [0.5, 0.6) is 0 Å². The first-order chi connectivity index (χ1) is 9.24. The van der Waals surface area contributed by atoms with E-state index >= 15 is 0 Å². The topological polar surface area (TPSA) is 80.9 Å². The zero-order valence-corrected chi connectivity index (χ0v) is 10.8. The molecule has 0 saturated carbocycles. The predicted molar refractivity (Wildman–Crippen MR) is 68.1 cm³/mol. The van der Waals surface area contributed by atoms with Gasteiger partial charge in [-0.15, -0.1) is 0 Å². The minimum absolute atomic E-state index is 0.00175. The third-order valence-electron chi connectivity index (χ3n) is 2.56. The second-order valence-corrected chi connectivity index (χ2v) is 4.19. The van der Waals surface area contributed by atoms with E-state index in [9.17, 15) is 4.79 Å². The highest BCUT2D eigenvalue weighted by Crippen LogP contribution is 2.02. The average Bonchev–Trinajstić information content (AvgIpc) is 2.83. The molecule has 0 radical (unpaired) electrons. The number of carbonyl (C=O) groups excluding carboxylic acids is 1. The van der Waals surface area contributed by atoms with Gasteiger partial charge >= 0.3 is 0 Å². The minimum atomic E-state index is 0.00175. The van der Waals surface area contributed by atoms with Crippen molar-refractivity contribution < 1.29 is 9.32 Å². The lowest BCUT2D eigenvalue weighted by molar-refractivity contribution is -0.121. The molecule has 6 nitrogen and oxygen atoms in total. The smallest absolute Gasteiger partial charge is 0.226 e. The van der Waals surface area contributed by atoms with Gasteiger partial charge in [0.05, 0.1) is 12.2 Å². The average molecular weight is 260 g/mol. The van der Waals surface area contributed by atoms with E-state index in [0.717, 1.165) is 5.69 Å². The van der Waals surface area contributed by atoms with Crippen molar-refractivity contribution in [2.24, 2.45) is 0 Å². The fourth-order valence-corrected chi connectivity index (χ4v) is 1.62. The number of pyridine rings is 1. The fourth-order valence-electron chi connectivity index (χ4n) is 1.62. The van der Waals surface area contributed by atoms with Crippen LogP contribution in [-0.2, 0) is 17.8 Å². The van der Waals surface area contributed by atoms with Gasteiger partial charge in [0, 0.05) is 19.0 Å². The predicted octanol–water partition coefficient (Wildman–Crippen LogP) is 1.41. The lowest BCUT2D eigenvalue weighted by Crippen LogP contribution is -2.22. The van der Waals surface area contributed by atoms with Crippen molar-refractivity contribution in [1.82, 2.24) is 20.4 Å². The van der Waals surface area contributed by atoms with Crippen LogP contribution in [-0.4, -0.2) is 21.0 Å². The first-order valence-corrected chi connectivity index (χ1v) is 6.20. The summed E-state index contributed by atoms with van der Waals surface area (Å²) in [4.78, 5) is 19.8. The lowest BCUT2D eigenvalue weighted by Gasteiger charge is -2.03. The van der Waals surface area contributed by atoms with Gasteiger partial charge in [-0.3, -0.25) is 9.78 Å². The summed E-state index contributed by atoms with van der Waals surface area (Å²) >= 11 is 0. The van der Waals surface area contributed by atoms with Gasteiger partial charge < -0.3 is 9.84 Å². The normalized spacial score (nSPS) is 10.4. The number of hydrogen-bond donors (Lipinski definition) is 1. The standard InChI is InChI=1S/C13H16N4O2/c1-10-16-13(19-17-10)7-4-6-12(18)15-9-11-5-2-3-8-14-11/h2-3,5,8H,4,6-7,9H2,1H3,(H,15,18). The highest BCUT2D eigenvalue weighted by molar-refractivity contribution is 5.75. The van der Waals surface area contributed by atoms with Crippen molar-refractivity contribution >= 4 is 5.91 Å². The van der Waals surface area contributed by atoms with Gasteiger partial charge in [0.25, 0.3) is 0 Å². The molecule has 6 heteroatoms. The number of rotatable bonds is 6. The van der Waals surface area contributed by atoms with Gasteiger partial charge in [-0.1, -0.05) is 11.2 Å². The molecule has 0 aliphatic rings. The number of aryl methyl sites for hydroxylation is 2. The van der Waals surface area contributed by atoms with Gasteiger partial charge in [0.2, 0.25) is 11.8 Å². The quantitative estimate of drug-likeness (QED) is 0.849. The van der Waals surface area contributed by atoms with Crippen LogP contribution in [0.15, 0.2) is 28.9 Å². The Bertz CT molecular complexity index is 524. The fraction of sp³-hybridized carbons (Fsp3) is 0.385. The number of hydrogen-bond acceptors (Lipinski definition) is 5. The highest BCUT2D eigenvalue weighted by atomic mass is 16.5. The number of nitrogens with one attached hydrogen (secondary N) is 1. The summed E-state index contributed by atoms with van der Waals surface area (Å²) in [6.45, 7) is 2.23. The molecule has 2 heterocycles. The molecule has 0 aliphatic carbocycles. The Morgan fingerprint density at radius 1 is 1.42 bits per heavy atom. The van der Waals surface area contributed by atoms with E-state index in [0.29, 0.717) is 37.5 Å². The van der Waals surface area contributed by atoms with E-state index in [2.05, 4.69) is 20.4 Å². The second-order valence-electron chi connectivity index (χ2n) is 4.19. The maximum atomic E-state index is 11.6. The van der Waals surface area contributed by atoms with Crippen LogP contribution >= 0.6 is 0 Å². The Hall–Kier alpha value is -2.24. The van der Waals surface area contributed by atoms with Crippen molar-refractivity contribution in [3.8, 4) is 0 Å². The van der Waals surface area contributed by atoms with E-state index in [1.54, 1.807) is 13.1 Å². The minimum Gasteiger partial charge on any atom is -0.350 e. The van der Waals surface area contributed by atoms with Gasteiger partial charge in [-0.25, -0.2) is 0 Å². The Morgan fingerprint density at radius 3 is 3.00 bits per heavy atom. The van der Waals surface area contributed by atoms with Gasteiger partial charge in [-0.05, 0) is 25.5 Å². The van der Waals surface area contributed by atoms with Crippen LogP contribution < -0.4 is 5.32 Å². The third-order valence-corrected chi connectivity index (χ3v) is 2.56. The Morgan fingerprint density at radius 2 is 2.32 bits per heavy atom. The van der Waals surface area contributed by atoms with Crippen LogP contribution in [0.3, 0.4) is 0 Å². The van der Waals surface area contributed by atoms with E-state index in [-0.39, 0.29) is 5.91 Å². The van der Waals surface area contributed by atoms with Gasteiger partial charge in [-0.2, -0.15) is 4.98 Å².